The fourth-order valence-electron chi connectivity index (χ4n) is 2.84. The molecule has 0 saturated carbocycles. The summed E-state index contributed by atoms with van der Waals surface area (Å²) in [5.74, 6) is 0.417. The number of alkyl halides is 3. The van der Waals surface area contributed by atoms with E-state index in [2.05, 4.69) is 42.4 Å². The van der Waals surface area contributed by atoms with Crippen molar-refractivity contribution in [1.29, 1.82) is 0 Å². The van der Waals surface area contributed by atoms with Crippen molar-refractivity contribution in [3.8, 4) is 5.75 Å². The average molecular weight is 618 g/mol. The van der Waals surface area contributed by atoms with Crippen molar-refractivity contribution in [2.75, 3.05) is 5.43 Å². The first-order valence-corrected chi connectivity index (χ1v) is 11.0. The Labute approximate surface area is 212 Å². The maximum absolute atomic E-state index is 12.8. The summed E-state index contributed by atoms with van der Waals surface area (Å²) in [6.45, 7) is 0.0610. The number of non-ortho nitro benzene ring substituents is 1. The van der Waals surface area contributed by atoms with Crippen molar-refractivity contribution in [3.05, 3.63) is 100 Å². The summed E-state index contributed by atoms with van der Waals surface area (Å²) in [5.41, 5.74) is 1.30. The molecule has 182 valence electrons. The molecule has 14 heteroatoms. The summed E-state index contributed by atoms with van der Waals surface area (Å²) in [5, 5.41) is 25.9. The number of halogens is 5. The van der Waals surface area contributed by atoms with Crippen molar-refractivity contribution in [1.82, 2.24) is 0 Å². The second kappa shape index (κ2) is 10.8. The molecule has 0 aliphatic heterocycles. The van der Waals surface area contributed by atoms with Gasteiger partial charge in [0.25, 0.3) is 11.4 Å². The third-order valence-corrected chi connectivity index (χ3v) is 5.62. The van der Waals surface area contributed by atoms with E-state index in [1.165, 1.54) is 18.3 Å². The Morgan fingerprint density at radius 2 is 1.69 bits per heavy atom. The van der Waals surface area contributed by atoms with Crippen LogP contribution in [0.3, 0.4) is 0 Å². The zero-order chi connectivity index (χ0) is 25.8. The first-order chi connectivity index (χ1) is 16.5. The highest BCUT2D eigenvalue weighted by Crippen LogP contribution is 2.36. The molecule has 35 heavy (non-hydrogen) atoms. The summed E-state index contributed by atoms with van der Waals surface area (Å²) in [6.07, 6.45) is -3.41. The summed E-state index contributed by atoms with van der Waals surface area (Å²) in [7, 11) is 0. The van der Waals surface area contributed by atoms with Crippen LogP contribution in [0.1, 0.15) is 16.7 Å². The Hall–Kier alpha value is -3.52. The lowest BCUT2D eigenvalue weighted by Crippen LogP contribution is -2.06. The second-order valence-corrected chi connectivity index (χ2v) is 8.59. The predicted molar refractivity (Wildman–Crippen MR) is 129 cm³/mol. The number of hydrazone groups is 1. The van der Waals surface area contributed by atoms with Gasteiger partial charge in [-0.05, 0) is 67.3 Å². The quantitative estimate of drug-likeness (QED) is 0.164. The van der Waals surface area contributed by atoms with Crippen LogP contribution >= 0.6 is 31.9 Å². The Morgan fingerprint density at radius 3 is 2.29 bits per heavy atom. The summed E-state index contributed by atoms with van der Waals surface area (Å²) in [6, 6.07) is 11.3. The average Bonchev–Trinajstić information content (AvgIpc) is 2.78. The van der Waals surface area contributed by atoms with E-state index in [-0.39, 0.29) is 18.0 Å². The smallest absolute Gasteiger partial charge is 0.416 e. The first-order valence-electron chi connectivity index (χ1n) is 9.45. The molecule has 0 fully saturated rings. The molecular weight excluding hydrogens is 605 g/mol. The number of nitro groups is 2. The molecule has 3 aromatic carbocycles. The number of nitrogens with one attached hydrogen (secondary N) is 1. The largest absolute Gasteiger partial charge is 0.487 e. The number of nitrogens with zero attached hydrogens (tertiary/aromatic N) is 3. The van der Waals surface area contributed by atoms with E-state index in [1.54, 1.807) is 24.3 Å². The molecule has 0 bridgehead atoms. The van der Waals surface area contributed by atoms with Crippen LogP contribution in [0.5, 0.6) is 5.75 Å². The van der Waals surface area contributed by atoms with Crippen molar-refractivity contribution in [3.63, 3.8) is 0 Å². The molecule has 0 spiro atoms. The van der Waals surface area contributed by atoms with Crippen LogP contribution in [0.4, 0.5) is 30.2 Å². The zero-order valence-corrected chi connectivity index (χ0v) is 20.4. The van der Waals surface area contributed by atoms with Gasteiger partial charge in [-0.2, -0.15) is 18.3 Å². The lowest BCUT2D eigenvalue weighted by atomic mass is 10.1. The third kappa shape index (κ3) is 6.76. The first kappa shape index (κ1) is 26.1. The summed E-state index contributed by atoms with van der Waals surface area (Å²) >= 11 is 6.72. The van der Waals surface area contributed by atoms with Crippen molar-refractivity contribution < 1.29 is 27.8 Å². The molecule has 0 aliphatic rings. The van der Waals surface area contributed by atoms with E-state index in [9.17, 15) is 33.4 Å². The third-order valence-electron chi connectivity index (χ3n) is 4.45. The van der Waals surface area contributed by atoms with Crippen LogP contribution in [0.25, 0.3) is 0 Å². The Bertz CT molecular complexity index is 1300. The van der Waals surface area contributed by atoms with Crippen molar-refractivity contribution in [2.45, 2.75) is 12.8 Å². The fourth-order valence-corrected chi connectivity index (χ4v) is 4.29. The summed E-state index contributed by atoms with van der Waals surface area (Å²) in [4.78, 5) is 20.6. The number of nitro benzene ring substituents is 2. The lowest BCUT2D eigenvalue weighted by molar-refractivity contribution is -0.385. The van der Waals surface area contributed by atoms with Crippen LogP contribution in [0.2, 0.25) is 0 Å². The number of ether oxygens (including phenoxy) is 1. The number of hydrogen-bond acceptors (Lipinski definition) is 7. The Kier molecular flexibility index (Phi) is 8.07. The predicted octanol–water partition coefficient (Wildman–Crippen LogP) is 7.07. The number of benzene rings is 3. The van der Waals surface area contributed by atoms with E-state index in [0.29, 0.717) is 38.0 Å². The minimum Gasteiger partial charge on any atom is -0.487 e. The molecule has 0 atom stereocenters. The Balaban J connectivity index is 1.73. The number of rotatable bonds is 8. The molecule has 0 radical (unpaired) electrons. The topological polar surface area (TPSA) is 120 Å². The van der Waals surface area contributed by atoms with Gasteiger partial charge in [-0.15, -0.1) is 0 Å². The highest BCUT2D eigenvalue weighted by atomic mass is 79.9. The maximum atomic E-state index is 12.8. The minimum absolute atomic E-state index is 0.0587. The van der Waals surface area contributed by atoms with Crippen LogP contribution in [0.15, 0.2) is 68.6 Å². The molecule has 0 unspecified atom stereocenters. The van der Waals surface area contributed by atoms with Crippen LogP contribution in [0, 0.1) is 20.2 Å². The Morgan fingerprint density at radius 1 is 1.00 bits per heavy atom. The van der Waals surface area contributed by atoms with Crippen LogP contribution in [-0.4, -0.2) is 16.1 Å². The van der Waals surface area contributed by atoms with E-state index in [0.717, 1.165) is 6.07 Å². The molecular formula is C21H13Br2F3N4O5. The van der Waals surface area contributed by atoms with E-state index < -0.39 is 27.3 Å². The van der Waals surface area contributed by atoms with Gasteiger partial charge in [0.1, 0.15) is 18.0 Å². The zero-order valence-electron chi connectivity index (χ0n) is 17.3. The van der Waals surface area contributed by atoms with Gasteiger partial charge < -0.3 is 4.74 Å². The number of hydrogen-bond donors (Lipinski definition) is 1. The van der Waals surface area contributed by atoms with E-state index in [1.807, 2.05) is 0 Å². The lowest BCUT2D eigenvalue weighted by Gasteiger charge is -2.11. The molecule has 0 aromatic heterocycles. The maximum Gasteiger partial charge on any atom is 0.416 e. The van der Waals surface area contributed by atoms with Gasteiger partial charge in [-0.25, -0.2) is 0 Å². The normalized spacial score (nSPS) is 11.5. The molecule has 0 aliphatic carbocycles. The van der Waals surface area contributed by atoms with E-state index >= 15 is 0 Å². The molecule has 0 amide bonds. The number of anilines is 1. The van der Waals surface area contributed by atoms with Gasteiger partial charge in [-0.3, -0.25) is 25.7 Å². The van der Waals surface area contributed by atoms with Crippen molar-refractivity contribution in [2.24, 2.45) is 5.10 Å². The second-order valence-electron chi connectivity index (χ2n) is 6.89. The summed E-state index contributed by atoms with van der Waals surface area (Å²) < 4.78 is 45.3. The van der Waals surface area contributed by atoms with Gasteiger partial charge in [-0.1, -0.05) is 12.1 Å². The molecule has 1 N–H and O–H groups in total. The molecule has 9 nitrogen and oxygen atoms in total. The van der Waals surface area contributed by atoms with Gasteiger partial charge in [0.05, 0.1) is 30.6 Å². The SMILES string of the molecule is O=[N+]([O-])c1cccc(COc2c(Br)cc(/C=N\Nc3ccc(C(F)(F)F)cc3[N+](=O)[O-])cc2Br)c1. The molecule has 3 rings (SSSR count). The van der Waals surface area contributed by atoms with Crippen LogP contribution < -0.4 is 10.2 Å². The molecule has 0 heterocycles. The van der Waals surface area contributed by atoms with Crippen molar-refractivity contribution >= 4 is 55.1 Å². The van der Waals surface area contributed by atoms with Crippen LogP contribution in [-0.2, 0) is 12.8 Å². The minimum atomic E-state index is -4.72. The van der Waals surface area contributed by atoms with E-state index in [4.69, 9.17) is 4.74 Å². The molecule has 0 saturated heterocycles. The van der Waals surface area contributed by atoms with Gasteiger partial charge >= 0.3 is 6.18 Å². The highest BCUT2D eigenvalue weighted by molar-refractivity contribution is 9.11. The van der Waals surface area contributed by atoms with Gasteiger partial charge in [0, 0.05) is 18.2 Å². The fraction of sp³-hybridized carbons (Fsp3) is 0.0952. The van der Waals surface area contributed by atoms with Gasteiger partial charge in [0.15, 0.2) is 0 Å². The monoisotopic (exact) mass is 616 g/mol. The molecule has 3 aromatic rings. The highest BCUT2D eigenvalue weighted by Gasteiger charge is 2.33. The van der Waals surface area contributed by atoms with Gasteiger partial charge in [0.2, 0.25) is 0 Å². The standard InChI is InChI=1S/C21H13Br2F3N4O5/c22-16-7-13(8-17(23)20(16)35-11-12-2-1-3-15(6-12)29(31)32)10-27-28-18-5-4-14(21(24,25)26)9-19(18)30(33)34/h1-10,28H,11H2/b27-10-.